The molecule has 0 aliphatic heterocycles. The van der Waals surface area contributed by atoms with E-state index in [1.54, 1.807) is 12.4 Å². The molecule has 1 rings (SSSR count). The Kier molecular flexibility index (Phi) is 1.85. The van der Waals surface area contributed by atoms with Gasteiger partial charge in [-0.3, -0.25) is 4.98 Å². The smallest absolute Gasteiger partial charge is 0.115 e. The molecule has 9 heavy (non-hydrogen) atoms. The van der Waals surface area contributed by atoms with E-state index >= 15 is 0 Å². The van der Waals surface area contributed by atoms with Crippen LogP contribution in [0.5, 0.6) is 0 Å². The van der Waals surface area contributed by atoms with Crippen molar-refractivity contribution in [3.8, 4) is 0 Å². The number of hydrogen-bond acceptors (Lipinski definition) is 2. The summed E-state index contributed by atoms with van der Waals surface area (Å²) in [5.41, 5.74) is 6.96. The number of nitrogens with zero attached hydrogens (tertiary/aromatic N) is 1. The Morgan fingerprint density at radius 1 is 1.56 bits per heavy atom. The summed E-state index contributed by atoms with van der Waals surface area (Å²) in [5.74, 6) is 0. The Balaban J connectivity index is 2.94. The summed E-state index contributed by atoms with van der Waals surface area (Å²) in [6, 6.07) is 1.81. The molecule has 0 aliphatic carbocycles. The van der Waals surface area contributed by atoms with Crippen LogP contribution >= 0.6 is 0 Å². The number of pyridine rings is 1. The molecule has 1 aromatic rings. The predicted octanol–water partition coefficient (Wildman–Crippen LogP) is -0.666. The second-order valence-corrected chi connectivity index (χ2v) is 1.83. The monoisotopic (exact) mass is 118 g/mol. The highest BCUT2D eigenvalue weighted by Crippen LogP contribution is 1.88. The highest BCUT2D eigenvalue weighted by atomic mass is 14.6. The highest BCUT2D eigenvalue weighted by molar-refractivity contribution is 6.32. The van der Waals surface area contributed by atoms with Gasteiger partial charge in [-0.25, -0.2) is 0 Å². The van der Waals surface area contributed by atoms with E-state index in [2.05, 4.69) is 4.98 Å². The largest absolute Gasteiger partial charge is 0.326 e. The van der Waals surface area contributed by atoms with Crippen LogP contribution in [0.1, 0.15) is 5.56 Å². The highest BCUT2D eigenvalue weighted by Gasteiger charge is 1.86. The van der Waals surface area contributed by atoms with E-state index in [0.717, 1.165) is 5.56 Å². The van der Waals surface area contributed by atoms with Crippen molar-refractivity contribution in [2.75, 3.05) is 0 Å². The van der Waals surface area contributed by atoms with Crippen LogP contribution in [0.3, 0.4) is 0 Å². The van der Waals surface area contributed by atoms with Crippen LogP contribution in [0, 0.1) is 0 Å². The van der Waals surface area contributed by atoms with E-state index in [0.29, 0.717) is 12.0 Å². The van der Waals surface area contributed by atoms with Crippen molar-refractivity contribution in [3.05, 3.63) is 24.0 Å². The van der Waals surface area contributed by atoms with Crippen molar-refractivity contribution in [2.24, 2.45) is 5.73 Å². The first-order chi connectivity index (χ1) is 4.33. The summed E-state index contributed by atoms with van der Waals surface area (Å²) in [7, 11) is 5.42. The Morgan fingerprint density at radius 3 is 2.78 bits per heavy atom. The number of nitrogens with two attached hydrogens (primary N) is 1. The van der Waals surface area contributed by atoms with Gasteiger partial charge >= 0.3 is 0 Å². The fraction of sp³-hybridized carbons (Fsp3) is 0.167. The maximum Gasteiger partial charge on any atom is 0.115 e. The Morgan fingerprint density at radius 2 is 2.33 bits per heavy atom. The van der Waals surface area contributed by atoms with E-state index < -0.39 is 0 Å². The third-order valence-electron chi connectivity index (χ3n) is 1.05. The molecule has 2 N–H and O–H groups in total. The zero-order valence-electron chi connectivity index (χ0n) is 5.04. The first kappa shape index (κ1) is 6.30. The third kappa shape index (κ3) is 1.54. The molecular formula is C6H7BN2. The van der Waals surface area contributed by atoms with Crippen LogP contribution in [0.4, 0.5) is 0 Å². The first-order valence-corrected chi connectivity index (χ1v) is 2.72. The summed E-state index contributed by atoms with van der Waals surface area (Å²) in [6.45, 7) is 0.498. The third-order valence-corrected chi connectivity index (χ3v) is 1.05. The first-order valence-electron chi connectivity index (χ1n) is 2.72. The van der Waals surface area contributed by atoms with Gasteiger partial charge in [0.05, 0.1) is 0 Å². The Bertz CT molecular complexity index is 200. The van der Waals surface area contributed by atoms with Crippen LogP contribution in [0.15, 0.2) is 18.5 Å². The molecule has 0 atom stereocenters. The summed E-state index contributed by atoms with van der Waals surface area (Å²) in [4.78, 5) is 3.85. The zero-order valence-corrected chi connectivity index (χ0v) is 5.04. The quantitative estimate of drug-likeness (QED) is 0.497. The molecule has 0 bridgehead atoms. The molecule has 0 saturated heterocycles. The van der Waals surface area contributed by atoms with Crippen molar-refractivity contribution in [2.45, 2.75) is 6.54 Å². The Hall–Kier alpha value is -0.825. The number of rotatable bonds is 1. The fourth-order valence-corrected chi connectivity index (χ4v) is 0.619. The van der Waals surface area contributed by atoms with Crippen molar-refractivity contribution < 1.29 is 0 Å². The molecule has 0 spiro atoms. The molecule has 0 aromatic carbocycles. The summed E-state index contributed by atoms with van der Waals surface area (Å²) < 4.78 is 0. The minimum absolute atomic E-state index is 0.498. The van der Waals surface area contributed by atoms with Gasteiger partial charge in [-0.15, -0.1) is 0 Å². The van der Waals surface area contributed by atoms with Gasteiger partial charge in [0.2, 0.25) is 0 Å². The van der Waals surface area contributed by atoms with Crippen LogP contribution in [0.2, 0.25) is 0 Å². The van der Waals surface area contributed by atoms with E-state index in [9.17, 15) is 0 Å². The van der Waals surface area contributed by atoms with Crippen molar-refractivity contribution >= 4 is 13.3 Å². The maximum absolute atomic E-state index is 5.42. The normalized spacial score (nSPS) is 9.44. The SMILES string of the molecule is [B]c1cncc(CN)c1. The average molecular weight is 118 g/mol. The van der Waals surface area contributed by atoms with E-state index in [-0.39, 0.29) is 0 Å². The molecule has 0 aliphatic rings. The molecule has 2 radical (unpaired) electrons. The van der Waals surface area contributed by atoms with Crippen LogP contribution < -0.4 is 11.2 Å². The second-order valence-electron chi connectivity index (χ2n) is 1.83. The molecule has 0 unspecified atom stereocenters. The molecule has 0 fully saturated rings. The molecule has 0 saturated carbocycles. The zero-order chi connectivity index (χ0) is 6.69. The second kappa shape index (κ2) is 2.64. The van der Waals surface area contributed by atoms with Crippen LogP contribution in [-0.2, 0) is 6.54 Å². The minimum Gasteiger partial charge on any atom is -0.326 e. The fourth-order valence-electron chi connectivity index (χ4n) is 0.619. The van der Waals surface area contributed by atoms with Gasteiger partial charge < -0.3 is 5.73 Å². The minimum atomic E-state index is 0.498. The molecule has 44 valence electrons. The molecular weight excluding hydrogens is 111 g/mol. The number of aromatic nitrogens is 1. The summed E-state index contributed by atoms with van der Waals surface area (Å²) >= 11 is 0. The van der Waals surface area contributed by atoms with E-state index in [4.69, 9.17) is 13.6 Å². The lowest BCUT2D eigenvalue weighted by molar-refractivity contribution is 1.05. The van der Waals surface area contributed by atoms with Crippen molar-refractivity contribution in [3.63, 3.8) is 0 Å². The lowest BCUT2D eigenvalue weighted by atomic mass is 9.97. The molecule has 3 heteroatoms. The lowest BCUT2D eigenvalue weighted by Gasteiger charge is -1.94. The van der Waals surface area contributed by atoms with E-state index in [1.165, 1.54) is 0 Å². The summed E-state index contributed by atoms with van der Waals surface area (Å²) in [6.07, 6.45) is 3.30. The van der Waals surface area contributed by atoms with E-state index in [1.807, 2.05) is 6.07 Å². The lowest BCUT2D eigenvalue weighted by Crippen LogP contribution is -2.06. The maximum atomic E-state index is 5.42. The van der Waals surface area contributed by atoms with Gasteiger partial charge in [-0.2, -0.15) is 0 Å². The summed E-state index contributed by atoms with van der Waals surface area (Å²) in [5, 5.41) is 0. The molecule has 0 amide bonds. The van der Waals surface area contributed by atoms with Gasteiger partial charge in [0.15, 0.2) is 0 Å². The van der Waals surface area contributed by atoms with Gasteiger partial charge in [0.25, 0.3) is 0 Å². The van der Waals surface area contributed by atoms with Crippen LogP contribution in [0.25, 0.3) is 0 Å². The predicted molar refractivity (Wildman–Crippen MR) is 37.5 cm³/mol. The number of hydrogen-bond donors (Lipinski definition) is 1. The van der Waals surface area contributed by atoms with Gasteiger partial charge in [0, 0.05) is 18.9 Å². The molecule has 1 aromatic heterocycles. The Labute approximate surface area is 55.5 Å². The van der Waals surface area contributed by atoms with Gasteiger partial charge in [-0.1, -0.05) is 11.5 Å². The van der Waals surface area contributed by atoms with Gasteiger partial charge in [0.1, 0.15) is 7.85 Å². The molecule has 2 nitrogen and oxygen atoms in total. The topological polar surface area (TPSA) is 38.9 Å². The molecule has 1 heterocycles. The van der Waals surface area contributed by atoms with Gasteiger partial charge in [-0.05, 0) is 5.56 Å². The van der Waals surface area contributed by atoms with Crippen molar-refractivity contribution in [1.82, 2.24) is 4.98 Å². The van der Waals surface area contributed by atoms with Crippen molar-refractivity contribution in [1.29, 1.82) is 0 Å². The van der Waals surface area contributed by atoms with Crippen LogP contribution in [-0.4, -0.2) is 12.8 Å². The average Bonchev–Trinajstić information content (AvgIpc) is 1.88. The standard InChI is InChI=1S/C6H7BN2/c7-6-1-5(2-8)3-9-4-6/h1,3-4H,2,8H2.